The lowest BCUT2D eigenvalue weighted by molar-refractivity contribution is -0.118. The number of aryl methyl sites for hydroxylation is 2. The molecule has 0 saturated heterocycles. The Morgan fingerprint density at radius 2 is 2.00 bits per heavy atom. The van der Waals surface area contributed by atoms with E-state index in [-0.39, 0.29) is 5.91 Å². The van der Waals surface area contributed by atoms with E-state index in [1.54, 1.807) is 29.5 Å². The number of ether oxygens (including phenoxy) is 1. The highest BCUT2D eigenvalue weighted by Crippen LogP contribution is 2.34. The third-order valence-corrected chi connectivity index (χ3v) is 6.82. The van der Waals surface area contributed by atoms with E-state index in [1.165, 1.54) is 22.2 Å². The van der Waals surface area contributed by atoms with E-state index in [0.29, 0.717) is 12.3 Å². The second-order valence-electron chi connectivity index (χ2n) is 6.66. The maximum Gasteiger partial charge on any atom is 0.230 e. The Hall–Kier alpha value is -2.91. The summed E-state index contributed by atoms with van der Waals surface area (Å²) in [6.07, 6.45) is 3.43. The number of rotatable bonds is 7. The van der Waals surface area contributed by atoms with Gasteiger partial charge in [0.1, 0.15) is 21.9 Å². The lowest BCUT2D eigenvalue weighted by Crippen LogP contribution is -2.24. The molecule has 0 atom stereocenters. The average molecular weight is 440 g/mol. The molecule has 0 saturated carbocycles. The van der Waals surface area contributed by atoms with E-state index in [2.05, 4.69) is 34.2 Å². The van der Waals surface area contributed by atoms with Gasteiger partial charge in [0.05, 0.1) is 30.8 Å². The van der Waals surface area contributed by atoms with Crippen LogP contribution in [-0.4, -0.2) is 38.5 Å². The van der Waals surface area contributed by atoms with Gasteiger partial charge in [0, 0.05) is 16.5 Å². The highest BCUT2D eigenvalue weighted by molar-refractivity contribution is 8.00. The molecular weight excluding hydrogens is 418 g/mol. The van der Waals surface area contributed by atoms with Crippen molar-refractivity contribution in [1.29, 1.82) is 0 Å². The number of benzene rings is 1. The summed E-state index contributed by atoms with van der Waals surface area (Å²) in [7, 11) is 1.64. The van der Waals surface area contributed by atoms with Crippen LogP contribution in [0.3, 0.4) is 0 Å². The Bertz CT molecular complexity index is 1180. The number of thiophene rings is 1. The molecule has 9 heteroatoms. The van der Waals surface area contributed by atoms with Gasteiger partial charge in [0.15, 0.2) is 0 Å². The Kier molecular flexibility index (Phi) is 6.01. The largest absolute Gasteiger partial charge is 0.497 e. The first-order valence-corrected chi connectivity index (χ1v) is 11.1. The van der Waals surface area contributed by atoms with Crippen LogP contribution in [0, 0.1) is 13.8 Å². The fourth-order valence-electron chi connectivity index (χ4n) is 2.97. The molecule has 7 nitrogen and oxygen atoms in total. The number of fused-ring (bicyclic) bond motifs is 1. The van der Waals surface area contributed by atoms with E-state index >= 15 is 0 Å². The van der Waals surface area contributed by atoms with Crippen molar-refractivity contribution in [3.63, 3.8) is 0 Å². The summed E-state index contributed by atoms with van der Waals surface area (Å²) in [6, 6.07) is 9.53. The molecule has 0 aliphatic heterocycles. The van der Waals surface area contributed by atoms with E-state index in [4.69, 9.17) is 4.74 Å². The summed E-state index contributed by atoms with van der Waals surface area (Å²) in [4.78, 5) is 23.2. The first kappa shape index (κ1) is 20.4. The second kappa shape index (κ2) is 8.85. The standard InChI is InChI=1S/C21H21N5O2S2/c1-13-14(2)30-21-19(13)20(23-12-24-21)29-11-18(27)22-10-15-8-9-26(25-15)16-4-6-17(28-3)7-5-16/h4-9,12H,10-11H2,1-3H3,(H,22,27). The van der Waals surface area contributed by atoms with Gasteiger partial charge in [-0.2, -0.15) is 5.10 Å². The summed E-state index contributed by atoms with van der Waals surface area (Å²) in [5.74, 6) is 1.03. The van der Waals surface area contributed by atoms with Crippen molar-refractivity contribution in [3.8, 4) is 11.4 Å². The van der Waals surface area contributed by atoms with Gasteiger partial charge < -0.3 is 10.1 Å². The zero-order valence-corrected chi connectivity index (χ0v) is 18.5. The third kappa shape index (κ3) is 4.31. The average Bonchev–Trinajstić information content (AvgIpc) is 3.35. The van der Waals surface area contributed by atoms with Crippen molar-refractivity contribution in [2.24, 2.45) is 0 Å². The number of carbonyl (C=O) groups is 1. The molecule has 0 spiro atoms. The molecule has 1 amide bonds. The van der Waals surface area contributed by atoms with Crippen molar-refractivity contribution in [1.82, 2.24) is 25.1 Å². The topological polar surface area (TPSA) is 81.9 Å². The molecular formula is C21H21N5O2S2. The molecule has 0 unspecified atom stereocenters. The summed E-state index contributed by atoms with van der Waals surface area (Å²) in [5.41, 5.74) is 2.90. The maximum absolute atomic E-state index is 12.3. The molecule has 1 aromatic carbocycles. The van der Waals surface area contributed by atoms with E-state index in [0.717, 1.165) is 32.4 Å². The molecule has 0 fully saturated rings. The molecule has 30 heavy (non-hydrogen) atoms. The summed E-state index contributed by atoms with van der Waals surface area (Å²) < 4.78 is 6.95. The molecule has 4 rings (SSSR count). The molecule has 3 heterocycles. The van der Waals surface area contributed by atoms with E-state index < -0.39 is 0 Å². The van der Waals surface area contributed by atoms with Gasteiger partial charge in [-0.3, -0.25) is 4.79 Å². The molecule has 4 aromatic rings. The molecule has 154 valence electrons. The number of nitrogens with zero attached hydrogens (tertiary/aromatic N) is 4. The fraction of sp³-hybridized carbons (Fsp3) is 0.238. The quantitative estimate of drug-likeness (QED) is 0.347. The number of nitrogens with one attached hydrogen (secondary N) is 1. The van der Waals surface area contributed by atoms with Crippen LogP contribution in [0.4, 0.5) is 0 Å². The minimum Gasteiger partial charge on any atom is -0.497 e. The summed E-state index contributed by atoms with van der Waals surface area (Å²) >= 11 is 3.09. The number of amides is 1. The van der Waals surface area contributed by atoms with Crippen molar-refractivity contribution in [2.75, 3.05) is 12.9 Å². The van der Waals surface area contributed by atoms with Crippen LogP contribution in [-0.2, 0) is 11.3 Å². The SMILES string of the molecule is COc1ccc(-n2ccc(CNC(=O)CSc3ncnc4sc(C)c(C)c34)n2)cc1. The van der Waals surface area contributed by atoms with Crippen LogP contribution < -0.4 is 10.1 Å². The molecule has 1 N–H and O–H groups in total. The predicted molar refractivity (Wildman–Crippen MR) is 120 cm³/mol. The van der Waals surface area contributed by atoms with Crippen molar-refractivity contribution in [3.05, 3.63) is 59.0 Å². The Balaban J connectivity index is 1.34. The summed E-state index contributed by atoms with van der Waals surface area (Å²) in [5, 5.41) is 9.34. The lowest BCUT2D eigenvalue weighted by atomic mass is 10.2. The number of methoxy groups -OCH3 is 1. The number of thioether (sulfide) groups is 1. The highest BCUT2D eigenvalue weighted by Gasteiger charge is 2.14. The second-order valence-corrected chi connectivity index (χ2v) is 8.82. The Morgan fingerprint density at radius 1 is 1.20 bits per heavy atom. The van der Waals surface area contributed by atoms with Crippen LogP contribution in [0.5, 0.6) is 5.75 Å². The van der Waals surface area contributed by atoms with Crippen LogP contribution >= 0.6 is 23.1 Å². The first-order chi connectivity index (χ1) is 14.5. The normalized spacial score (nSPS) is 11.0. The van der Waals surface area contributed by atoms with Gasteiger partial charge in [0.25, 0.3) is 0 Å². The third-order valence-electron chi connectivity index (χ3n) is 4.72. The molecule has 0 aliphatic carbocycles. The van der Waals surface area contributed by atoms with Crippen LogP contribution in [0.15, 0.2) is 47.9 Å². The fourth-order valence-corrected chi connectivity index (χ4v) is 4.92. The monoisotopic (exact) mass is 439 g/mol. The highest BCUT2D eigenvalue weighted by atomic mass is 32.2. The van der Waals surface area contributed by atoms with Gasteiger partial charge in [-0.15, -0.1) is 11.3 Å². The maximum atomic E-state index is 12.3. The predicted octanol–water partition coefficient (Wildman–Crippen LogP) is 3.91. The van der Waals surface area contributed by atoms with Crippen LogP contribution in [0.25, 0.3) is 15.9 Å². The number of hydrogen-bond acceptors (Lipinski definition) is 7. The molecule has 0 aliphatic rings. The Morgan fingerprint density at radius 3 is 2.77 bits per heavy atom. The summed E-state index contributed by atoms with van der Waals surface area (Å²) in [6.45, 7) is 4.52. The number of carbonyl (C=O) groups excluding carboxylic acids is 1. The number of hydrogen-bond donors (Lipinski definition) is 1. The van der Waals surface area contributed by atoms with Crippen molar-refractivity contribution < 1.29 is 9.53 Å². The van der Waals surface area contributed by atoms with E-state index in [1.807, 2.05) is 36.5 Å². The zero-order valence-electron chi connectivity index (χ0n) is 16.9. The molecule has 0 bridgehead atoms. The van der Waals surface area contributed by atoms with E-state index in [9.17, 15) is 4.79 Å². The minimum atomic E-state index is -0.0598. The van der Waals surface area contributed by atoms with Gasteiger partial charge in [-0.1, -0.05) is 11.8 Å². The zero-order chi connectivity index (χ0) is 21.1. The molecule has 3 aromatic heterocycles. The van der Waals surface area contributed by atoms with Crippen molar-refractivity contribution >= 4 is 39.2 Å². The smallest absolute Gasteiger partial charge is 0.230 e. The number of aromatic nitrogens is 4. The lowest BCUT2D eigenvalue weighted by Gasteiger charge is -2.05. The molecule has 0 radical (unpaired) electrons. The van der Waals surface area contributed by atoms with Gasteiger partial charge >= 0.3 is 0 Å². The van der Waals surface area contributed by atoms with Crippen molar-refractivity contribution in [2.45, 2.75) is 25.4 Å². The van der Waals surface area contributed by atoms with Gasteiger partial charge in [-0.25, -0.2) is 14.6 Å². The minimum absolute atomic E-state index is 0.0598. The van der Waals surface area contributed by atoms with Crippen LogP contribution in [0.1, 0.15) is 16.1 Å². The van der Waals surface area contributed by atoms with Gasteiger partial charge in [-0.05, 0) is 49.7 Å². The first-order valence-electron chi connectivity index (χ1n) is 9.34. The van der Waals surface area contributed by atoms with Gasteiger partial charge in [0.2, 0.25) is 5.91 Å². The Labute approximate surface area is 182 Å². The van der Waals surface area contributed by atoms with Crippen LogP contribution in [0.2, 0.25) is 0 Å².